The zero-order valence-corrected chi connectivity index (χ0v) is 57.3. The molecule has 1 aliphatic heterocycles. The molecule has 0 unspecified atom stereocenters. The van der Waals surface area contributed by atoms with E-state index >= 15 is 9.59 Å². The molecule has 0 spiro atoms. The summed E-state index contributed by atoms with van der Waals surface area (Å²) in [5.41, 5.74) is -2.39. The van der Waals surface area contributed by atoms with Crippen molar-refractivity contribution in [1.82, 2.24) is 31.9 Å². The van der Waals surface area contributed by atoms with Gasteiger partial charge in [-0.3, -0.25) is 57.5 Å². The van der Waals surface area contributed by atoms with Crippen LogP contribution in [-0.2, 0) is 83.4 Å². The summed E-state index contributed by atoms with van der Waals surface area (Å²) in [6, 6.07) is 36.2. The van der Waals surface area contributed by atoms with E-state index in [4.69, 9.17) is 28.4 Å². The highest BCUT2D eigenvalue weighted by molar-refractivity contribution is 6.11. The van der Waals surface area contributed by atoms with Gasteiger partial charge >= 0.3 is 35.8 Å². The zero-order chi connectivity index (χ0) is 75.9. The van der Waals surface area contributed by atoms with E-state index < -0.39 is 161 Å². The van der Waals surface area contributed by atoms with Crippen molar-refractivity contribution in [3.63, 3.8) is 0 Å². The lowest BCUT2D eigenvalue weighted by atomic mass is 9.91. The molecule has 6 amide bonds. The third kappa shape index (κ3) is 21.2. The molecule has 0 fully saturated rings. The Kier molecular flexibility index (Phi) is 27.4. The fraction of sp³-hybridized carbons (Fsp3) is 0.316. The first kappa shape index (κ1) is 78.3. The minimum absolute atomic E-state index is 0.170. The summed E-state index contributed by atoms with van der Waals surface area (Å²) < 4.78 is 34.4. The molecule has 0 aliphatic carbocycles. The quantitative estimate of drug-likeness (QED) is 0.0157. The first-order valence-electron chi connectivity index (χ1n) is 33.6. The Bertz CT molecular complexity index is 3970. The molecule has 8 aromatic carbocycles. The van der Waals surface area contributed by atoms with Crippen LogP contribution in [0.1, 0.15) is 123 Å². The summed E-state index contributed by atoms with van der Waals surface area (Å²) in [4.78, 5) is 159. The Labute approximate surface area is 604 Å². The summed E-state index contributed by atoms with van der Waals surface area (Å²) in [5.74, 6) is -12.2. The van der Waals surface area contributed by atoms with Gasteiger partial charge in [0.1, 0.15) is 11.1 Å². The van der Waals surface area contributed by atoms with Gasteiger partial charge in [0.15, 0.2) is 0 Å². The number of hydrogen-bond donors (Lipinski definition) is 12. The van der Waals surface area contributed by atoms with Crippen molar-refractivity contribution in [2.45, 2.75) is 75.8 Å². The van der Waals surface area contributed by atoms with E-state index in [9.17, 15) is 78.6 Å². The standard InChI is InChI=1S/C76H78N6O24/c83-63(84)17-23-101-39-75(40-102-24-18-64(85)86,41-103-25-19-65(87)88)81-73(99)49-31-45-29-47(33-49)71(97)79-37-61-55-13-5-7-15-57(55)62(58-16-8-6-14-56(58)61)38-80-72(98)48-30-46(70(96)78-36-60-52-10-2-1-9-51(52)59(35-77-69(45)95)53-11-3-4-12-54(53)60)32-50(34-48)74(100)82-76(42-104-26-20-66(89)90,43-105-27-21-67(91)92)44-106-28-22-68(93)94/h1-16,29-34H,17-28,35-44H2,(H,77,95)(H,78,96)(H,79,97)(H,80,98)(H,81,99)(H,82,100)(H,83,84)(H,85,86)(H,87,88)(H,89,90)(H,91,92)(H,93,94). The van der Waals surface area contributed by atoms with Crippen LogP contribution in [0.3, 0.4) is 0 Å². The fourth-order valence-corrected chi connectivity index (χ4v) is 12.2. The van der Waals surface area contributed by atoms with E-state index in [2.05, 4.69) is 31.9 Å². The second-order valence-corrected chi connectivity index (χ2v) is 25.1. The highest BCUT2D eigenvalue weighted by Crippen LogP contribution is 2.36. The maximum atomic E-state index is 15.0. The number of ether oxygens (including phenoxy) is 6. The number of carbonyl (C=O) groups excluding carboxylic acids is 6. The molecule has 30 nitrogen and oxygen atoms in total. The number of hydrogen-bond acceptors (Lipinski definition) is 18. The topological polar surface area (TPSA) is 454 Å². The van der Waals surface area contributed by atoms with Crippen molar-refractivity contribution >= 4 is 114 Å². The van der Waals surface area contributed by atoms with E-state index in [1.807, 2.05) is 48.5 Å². The molecule has 0 aromatic heterocycles. The summed E-state index contributed by atoms with van der Waals surface area (Å²) in [7, 11) is 0. The van der Waals surface area contributed by atoms with Crippen molar-refractivity contribution < 1.29 is 117 Å². The van der Waals surface area contributed by atoms with Gasteiger partial charge in [0.25, 0.3) is 35.4 Å². The number of nitrogens with one attached hydrogen (secondary N) is 6. The smallest absolute Gasteiger partial charge is 0.305 e. The highest BCUT2D eigenvalue weighted by Gasteiger charge is 2.37. The highest BCUT2D eigenvalue weighted by atomic mass is 16.5. The first-order chi connectivity index (χ1) is 50.9. The average Bonchev–Trinajstić information content (AvgIpc) is 0.762. The molecule has 1 heterocycles. The van der Waals surface area contributed by atoms with Crippen LogP contribution in [0.4, 0.5) is 0 Å². The van der Waals surface area contributed by atoms with Crippen molar-refractivity contribution in [3.8, 4) is 0 Å². The van der Waals surface area contributed by atoms with Gasteiger partial charge in [-0.05, 0) is 102 Å². The lowest BCUT2D eigenvalue weighted by Gasteiger charge is -2.34. The van der Waals surface area contributed by atoms with E-state index in [1.54, 1.807) is 48.5 Å². The third-order valence-corrected chi connectivity index (χ3v) is 17.2. The summed E-state index contributed by atoms with van der Waals surface area (Å²) in [6.45, 7) is -5.96. The number of amides is 6. The van der Waals surface area contributed by atoms with E-state index in [0.29, 0.717) is 65.3 Å². The van der Waals surface area contributed by atoms with Gasteiger partial charge in [-0.25, -0.2) is 0 Å². The Hall–Kier alpha value is -11.8. The van der Waals surface area contributed by atoms with Gasteiger partial charge < -0.3 is 91.0 Å². The lowest BCUT2D eigenvalue weighted by molar-refractivity contribution is -0.141. The number of carboxylic acids is 6. The SMILES string of the molecule is O=C(O)CCOCC(COCCC(=O)O)(COCCC(=O)O)NC(=O)c1cc2cc(c1)C(=O)NCc1c3ccccc3c(c3ccccc13)CNC(=O)c1cc(cc(C(=O)NC(COCCC(=O)O)(COCCC(=O)O)COCCC(=O)O)c1)C(=O)NCc1c3ccccc3c(c3ccccc13)CNC2=O. The number of carbonyl (C=O) groups is 12. The van der Waals surface area contributed by atoms with Crippen molar-refractivity contribution in [2.24, 2.45) is 0 Å². The van der Waals surface area contributed by atoms with Crippen LogP contribution < -0.4 is 31.9 Å². The van der Waals surface area contributed by atoms with Gasteiger partial charge in [0.2, 0.25) is 0 Å². The van der Waals surface area contributed by atoms with Crippen LogP contribution in [0.2, 0.25) is 0 Å². The lowest BCUT2D eigenvalue weighted by Crippen LogP contribution is -2.58. The van der Waals surface area contributed by atoms with Crippen molar-refractivity contribution in [3.05, 3.63) is 189 Å². The van der Waals surface area contributed by atoms with Gasteiger partial charge in [-0.15, -0.1) is 0 Å². The Morgan fingerprint density at radius 2 is 0.481 bits per heavy atom. The van der Waals surface area contributed by atoms with Gasteiger partial charge in [0.05, 0.1) is 118 Å². The van der Waals surface area contributed by atoms with E-state index in [1.165, 1.54) is 36.4 Å². The molecule has 12 N–H and O–H groups in total. The molecule has 30 heteroatoms. The van der Waals surface area contributed by atoms with E-state index in [0.717, 1.165) is 0 Å². The van der Waals surface area contributed by atoms with Crippen molar-refractivity contribution in [2.75, 3.05) is 79.3 Å². The second kappa shape index (κ2) is 37.1. The van der Waals surface area contributed by atoms with Crippen LogP contribution in [0.25, 0.3) is 43.1 Å². The minimum atomic E-state index is -1.78. The first-order valence-corrected chi connectivity index (χ1v) is 33.6. The second-order valence-electron chi connectivity index (χ2n) is 25.1. The molecular formula is C76H78N6O24. The molecule has 0 saturated heterocycles. The summed E-state index contributed by atoms with van der Waals surface area (Å²) in [5, 5.41) is 79.0. The van der Waals surface area contributed by atoms with Crippen LogP contribution >= 0.6 is 0 Å². The predicted molar refractivity (Wildman–Crippen MR) is 379 cm³/mol. The predicted octanol–water partition coefficient (Wildman–Crippen LogP) is 6.22. The van der Waals surface area contributed by atoms with Crippen molar-refractivity contribution in [1.29, 1.82) is 0 Å². The number of benzene rings is 8. The maximum absolute atomic E-state index is 15.0. The molecular weight excluding hydrogens is 1380 g/mol. The van der Waals surface area contributed by atoms with Crippen LogP contribution in [-0.4, -0.2) is 192 Å². The Morgan fingerprint density at radius 3 is 0.651 bits per heavy atom. The zero-order valence-electron chi connectivity index (χ0n) is 57.3. The molecule has 106 heavy (non-hydrogen) atoms. The molecule has 0 radical (unpaired) electrons. The Balaban J connectivity index is 1.15. The molecule has 9 rings (SSSR count). The third-order valence-electron chi connectivity index (χ3n) is 17.2. The molecule has 8 aromatic rings. The average molecular weight is 1460 g/mol. The fourth-order valence-electron chi connectivity index (χ4n) is 12.2. The summed E-state index contributed by atoms with van der Waals surface area (Å²) >= 11 is 0. The Morgan fingerprint density at radius 1 is 0.302 bits per heavy atom. The molecule has 556 valence electrons. The molecule has 0 saturated carbocycles. The van der Waals surface area contributed by atoms with E-state index in [-0.39, 0.29) is 99.2 Å². The number of rotatable bonds is 34. The number of aliphatic carboxylic acids is 6. The van der Waals surface area contributed by atoms with Gasteiger partial charge in [0, 0.05) is 59.6 Å². The van der Waals surface area contributed by atoms with Gasteiger partial charge in [-0.1, -0.05) is 97.1 Å². The van der Waals surface area contributed by atoms with Gasteiger partial charge in [-0.2, -0.15) is 0 Å². The molecule has 1 aliphatic rings. The molecule has 8 bridgehead atoms. The largest absolute Gasteiger partial charge is 0.481 e. The molecule has 0 atom stereocenters. The minimum Gasteiger partial charge on any atom is -0.481 e. The normalized spacial score (nSPS) is 13.1. The van der Waals surface area contributed by atoms with Crippen LogP contribution in [0.15, 0.2) is 133 Å². The number of fused-ring (bicyclic) bond motifs is 10. The summed E-state index contributed by atoms with van der Waals surface area (Å²) in [6.07, 6.45) is -2.80. The van der Waals surface area contributed by atoms with Crippen LogP contribution in [0.5, 0.6) is 0 Å². The number of carboxylic acid groups (broad SMARTS) is 6. The monoisotopic (exact) mass is 1460 g/mol. The van der Waals surface area contributed by atoms with Crippen LogP contribution in [0, 0.1) is 0 Å². The maximum Gasteiger partial charge on any atom is 0.305 e.